The minimum atomic E-state index is 0.0714. The number of hydrogen-bond acceptors (Lipinski definition) is 2. The first kappa shape index (κ1) is 17.1. The molecule has 0 N–H and O–H groups in total. The summed E-state index contributed by atoms with van der Waals surface area (Å²) in [6.45, 7) is 6.79. The normalized spacial score (nSPS) is 10.5. The Bertz CT molecular complexity index is 702. The van der Waals surface area contributed by atoms with Gasteiger partial charge in [-0.1, -0.05) is 29.8 Å². The molecule has 0 aromatic heterocycles. The Kier molecular flexibility index (Phi) is 5.09. The highest BCUT2D eigenvalue weighted by Crippen LogP contribution is 2.31. The van der Waals surface area contributed by atoms with Gasteiger partial charge in [-0.2, -0.15) is 0 Å². The molecule has 122 valence electrons. The van der Waals surface area contributed by atoms with Crippen LogP contribution < -0.4 is 4.90 Å². The number of carbonyl (C=O) groups excluding carboxylic acids is 1. The average molecular weight is 310 g/mol. The van der Waals surface area contributed by atoms with Crippen molar-refractivity contribution in [3.05, 3.63) is 53.1 Å². The van der Waals surface area contributed by atoms with Gasteiger partial charge in [0.1, 0.15) is 0 Å². The predicted molar refractivity (Wildman–Crippen MR) is 98.3 cm³/mol. The van der Waals surface area contributed by atoms with Gasteiger partial charge in [-0.3, -0.25) is 4.79 Å². The van der Waals surface area contributed by atoms with Gasteiger partial charge in [0.2, 0.25) is 0 Å². The molecule has 0 bridgehead atoms. The van der Waals surface area contributed by atoms with Crippen LogP contribution in [0.1, 0.15) is 28.4 Å². The van der Waals surface area contributed by atoms with Crippen LogP contribution in [0.5, 0.6) is 0 Å². The second kappa shape index (κ2) is 6.86. The van der Waals surface area contributed by atoms with Crippen molar-refractivity contribution in [2.24, 2.45) is 0 Å². The zero-order chi connectivity index (χ0) is 17.1. The molecule has 2 rings (SSSR count). The van der Waals surface area contributed by atoms with E-state index < -0.39 is 0 Å². The van der Waals surface area contributed by atoms with Crippen LogP contribution in [0.25, 0.3) is 11.1 Å². The lowest BCUT2D eigenvalue weighted by atomic mass is 9.96. The van der Waals surface area contributed by atoms with Crippen molar-refractivity contribution in [2.45, 2.75) is 20.8 Å². The van der Waals surface area contributed by atoms with E-state index in [0.717, 1.165) is 27.9 Å². The van der Waals surface area contributed by atoms with Crippen molar-refractivity contribution < 1.29 is 4.79 Å². The number of aryl methyl sites for hydroxylation is 1. The smallest absolute Gasteiger partial charge is 0.253 e. The summed E-state index contributed by atoms with van der Waals surface area (Å²) >= 11 is 0. The SMILES string of the molecule is CCN(C)C(=O)c1cc(-c2ccc(C)cc2)cc(N(C)C)c1C. The number of anilines is 1. The number of rotatable bonds is 4. The highest BCUT2D eigenvalue weighted by molar-refractivity contribution is 5.98. The summed E-state index contributed by atoms with van der Waals surface area (Å²) < 4.78 is 0. The second-order valence-electron chi connectivity index (χ2n) is 6.25. The lowest BCUT2D eigenvalue weighted by molar-refractivity contribution is 0.0802. The summed E-state index contributed by atoms with van der Waals surface area (Å²) in [7, 11) is 5.87. The van der Waals surface area contributed by atoms with E-state index in [-0.39, 0.29) is 5.91 Å². The minimum absolute atomic E-state index is 0.0714. The van der Waals surface area contributed by atoms with E-state index in [2.05, 4.69) is 42.2 Å². The number of amides is 1. The summed E-state index contributed by atoms with van der Waals surface area (Å²) in [5.74, 6) is 0.0714. The van der Waals surface area contributed by atoms with Gasteiger partial charge in [-0.05, 0) is 49.6 Å². The summed E-state index contributed by atoms with van der Waals surface area (Å²) in [5.41, 5.74) is 6.32. The van der Waals surface area contributed by atoms with Crippen molar-refractivity contribution in [1.82, 2.24) is 4.90 Å². The molecule has 2 aromatic rings. The van der Waals surface area contributed by atoms with Gasteiger partial charge < -0.3 is 9.80 Å². The van der Waals surface area contributed by atoms with Gasteiger partial charge in [0.25, 0.3) is 5.91 Å². The molecule has 0 unspecified atom stereocenters. The van der Waals surface area contributed by atoms with E-state index in [9.17, 15) is 4.79 Å². The predicted octanol–water partition coefficient (Wildman–Crippen LogP) is 4.13. The highest BCUT2D eigenvalue weighted by atomic mass is 16.2. The van der Waals surface area contributed by atoms with Gasteiger partial charge in [-0.15, -0.1) is 0 Å². The summed E-state index contributed by atoms with van der Waals surface area (Å²) in [5, 5.41) is 0. The van der Waals surface area contributed by atoms with Gasteiger partial charge in [0.05, 0.1) is 0 Å². The molecule has 0 spiro atoms. The van der Waals surface area contributed by atoms with Crippen LogP contribution in [0, 0.1) is 13.8 Å². The molecule has 0 fully saturated rings. The van der Waals surface area contributed by atoms with Crippen LogP contribution in [-0.2, 0) is 0 Å². The van der Waals surface area contributed by atoms with Crippen LogP contribution in [-0.4, -0.2) is 38.5 Å². The Hall–Kier alpha value is -2.29. The van der Waals surface area contributed by atoms with Gasteiger partial charge in [0.15, 0.2) is 0 Å². The molecule has 3 heteroatoms. The van der Waals surface area contributed by atoms with Crippen LogP contribution in [0.4, 0.5) is 5.69 Å². The minimum Gasteiger partial charge on any atom is -0.377 e. The topological polar surface area (TPSA) is 23.6 Å². The zero-order valence-electron chi connectivity index (χ0n) is 15.0. The third-order valence-corrected chi connectivity index (χ3v) is 4.30. The Morgan fingerprint density at radius 1 is 0.957 bits per heavy atom. The lowest BCUT2D eigenvalue weighted by Gasteiger charge is -2.22. The molecule has 0 aliphatic heterocycles. The first-order valence-corrected chi connectivity index (χ1v) is 7.99. The second-order valence-corrected chi connectivity index (χ2v) is 6.25. The molecular weight excluding hydrogens is 284 g/mol. The maximum absolute atomic E-state index is 12.7. The van der Waals surface area contributed by atoms with E-state index in [1.807, 2.05) is 41.1 Å². The van der Waals surface area contributed by atoms with Crippen LogP contribution in [0.2, 0.25) is 0 Å². The van der Waals surface area contributed by atoms with Crippen molar-refractivity contribution in [1.29, 1.82) is 0 Å². The fourth-order valence-corrected chi connectivity index (χ4v) is 2.65. The number of hydrogen-bond donors (Lipinski definition) is 0. The molecule has 2 aromatic carbocycles. The number of nitrogens with zero attached hydrogens (tertiary/aromatic N) is 2. The van der Waals surface area contributed by atoms with Crippen LogP contribution >= 0.6 is 0 Å². The molecular formula is C20H26N2O. The van der Waals surface area contributed by atoms with E-state index in [1.54, 1.807) is 4.90 Å². The average Bonchev–Trinajstić information content (AvgIpc) is 2.54. The first-order valence-electron chi connectivity index (χ1n) is 7.99. The number of benzene rings is 2. The van der Waals surface area contributed by atoms with E-state index in [1.165, 1.54) is 5.56 Å². The molecule has 0 aliphatic carbocycles. The molecule has 0 saturated carbocycles. The molecule has 1 amide bonds. The molecule has 0 heterocycles. The monoisotopic (exact) mass is 310 g/mol. The maximum atomic E-state index is 12.7. The molecule has 0 saturated heterocycles. The quantitative estimate of drug-likeness (QED) is 0.848. The molecule has 0 radical (unpaired) electrons. The van der Waals surface area contributed by atoms with E-state index in [4.69, 9.17) is 0 Å². The summed E-state index contributed by atoms with van der Waals surface area (Å²) in [4.78, 5) is 16.5. The standard InChI is InChI=1S/C20H26N2O/c1-7-22(6)20(23)18-12-17(13-19(15(18)3)21(4)5)16-10-8-14(2)9-11-16/h8-13H,7H2,1-6H3. The fraction of sp³-hybridized carbons (Fsp3) is 0.350. The Labute approximate surface area is 139 Å². The fourth-order valence-electron chi connectivity index (χ4n) is 2.65. The number of carbonyl (C=O) groups is 1. The third kappa shape index (κ3) is 3.55. The molecule has 3 nitrogen and oxygen atoms in total. The maximum Gasteiger partial charge on any atom is 0.253 e. The summed E-state index contributed by atoms with van der Waals surface area (Å²) in [6.07, 6.45) is 0. The van der Waals surface area contributed by atoms with Crippen molar-refractivity contribution in [3.63, 3.8) is 0 Å². The van der Waals surface area contributed by atoms with Gasteiger partial charge in [0, 0.05) is 38.9 Å². The Morgan fingerprint density at radius 2 is 1.57 bits per heavy atom. The zero-order valence-corrected chi connectivity index (χ0v) is 15.0. The molecule has 23 heavy (non-hydrogen) atoms. The third-order valence-electron chi connectivity index (χ3n) is 4.30. The first-order chi connectivity index (χ1) is 10.8. The molecule has 0 atom stereocenters. The van der Waals surface area contributed by atoms with Gasteiger partial charge >= 0.3 is 0 Å². The highest BCUT2D eigenvalue weighted by Gasteiger charge is 2.18. The van der Waals surface area contributed by atoms with Crippen LogP contribution in [0.15, 0.2) is 36.4 Å². The van der Waals surface area contributed by atoms with Crippen molar-refractivity contribution in [3.8, 4) is 11.1 Å². The lowest BCUT2D eigenvalue weighted by Crippen LogP contribution is -2.27. The van der Waals surface area contributed by atoms with Gasteiger partial charge in [-0.25, -0.2) is 0 Å². The Morgan fingerprint density at radius 3 is 2.09 bits per heavy atom. The Balaban J connectivity index is 2.62. The summed E-state index contributed by atoms with van der Waals surface area (Å²) in [6, 6.07) is 12.6. The van der Waals surface area contributed by atoms with E-state index in [0.29, 0.717) is 6.54 Å². The van der Waals surface area contributed by atoms with Crippen LogP contribution in [0.3, 0.4) is 0 Å². The van der Waals surface area contributed by atoms with E-state index >= 15 is 0 Å². The van der Waals surface area contributed by atoms with Crippen molar-refractivity contribution in [2.75, 3.05) is 32.6 Å². The largest absolute Gasteiger partial charge is 0.377 e. The molecule has 0 aliphatic rings. The van der Waals surface area contributed by atoms with Crippen molar-refractivity contribution >= 4 is 11.6 Å².